The van der Waals surface area contributed by atoms with Gasteiger partial charge in [0.2, 0.25) is 0 Å². The van der Waals surface area contributed by atoms with Crippen LogP contribution in [-0.4, -0.2) is 410 Å². The summed E-state index contributed by atoms with van der Waals surface area (Å²) in [7, 11) is 30.4. The number of ether oxygens (including phenoxy) is 35. The lowest BCUT2D eigenvalue weighted by molar-refractivity contribution is -0.403. The first-order valence-corrected chi connectivity index (χ1v) is 35.9. The topological polar surface area (TPSA) is 323 Å². The van der Waals surface area contributed by atoms with E-state index >= 15 is 0 Å². The zero-order chi connectivity index (χ0) is 75.9. The fraction of sp³-hybridized carbons (Fsp3) is 0.971. The maximum absolute atomic E-state index is 7.24. The van der Waals surface area contributed by atoms with Gasteiger partial charge in [-0.05, 0) is 19.3 Å². The first kappa shape index (κ1) is 88.9. The van der Waals surface area contributed by atoms with Crippen LogP contribution < -0.4 is 0 Å². The van der Waals surface area contributed by atoms with Gasteiger partial charge in [0.05, 0.1) is 46.2 Å². The molecule has 0 radical (unpaired) electrons. The molecule has 0 amide bonds. The van der Waals surface area contributed by atoms with Crippen LogP contribution in [0.1, 0.15) is 32.1 Å². The van der Waals surface area contributed by atoms with Crippen LogP contribution in [0.5, 0.6) is 0 Å². The highest BCUT2D eigenvalue weighted by Crippen LogP contribution is 2.43. The standard InChI is InChI=1S/C70H124O35/c1-22-23-24-25-26-27-28-91-56-49-42(35-77-8)98-70(63(56)90-21)104-48-41(34-76-7)96-68(61(88-19)55(48)83-14)102-46-39(32-74-5)94-66(59(86-17)53(46)81-12)100-44-37(30-72-3)92-64(57(84-15)51(44)79-10)99-43-36(29-71-2)93-65(58(85-16)50(43)78-9)101-45-38(31-73-4)95-67(60(87-18)52(45)80-11)103-47-40(33-75-6)97-69(105-49)62(89-20)54(47)82-13/h22,36-70H,1,23-35H2,2-21H3/t36-,37-,38-,39-,40-,41-,42-,43-,44-,45-,46-,47-,48-,49-,50+,51+,52+,53-,54+,55-,56+,57-,58-,59+,60-,61+,62-,63-,64-,65-,66-,67-,68-,69-,70-/m1/s1. The van der Waals surface area contributed by atoms with Crippen molar-refractivity contribution in [1.29, 1.82) is 0 Å². The molecule has 35 nitrogen and oxygen atoms in total. The predicted molar refractivity (Wildman–Crippen MR) is 361 cm³/mol. The molecule has 0 aliphatic carbocycles. The van der Waals surface area contributed by atoms with E-state index in [9.17, 15) is 0 Å². The van der Waals surface area contributed by atoms with Crippen molar-refractivity contribution in [1.82, 2.24) is 0 Å². The highest BCUT2D eigenvalue weighted by atomic mass is 16.8. The van der Waals surface area contributed by atoms with Crippen molar-refractivity contribution in [2.24, 2.45) is 0 Å². The molecular formula is C70H124O35. The van der Waals surface area contributed by atoms with Crippen molar-refractivity contribution >= 4 is 0 Å². The number of hydrogen-bond donors (Lipinski definition) is 0. The number of hydrogen-bond acceptors (Lipinski definition) is 35. The van der Waals surface area contributed by atoms with Gasteiger partial charge in [-0.15, -0.1) is 6.58 Å². The van der Waals surface area contributed by atoms with E-state index in [4.69, 9.17) is 166 Å². The molecule has 0 saturated carbocycles. The normalized spacial score (nSPS) is 43.8. The summed E-state index contributed by atoms with van der Waals surface area (Å²) in [4.78, 5) is 0. The fourth-order valence-corrected chi connectivity index (χ4v) is 15.7. The molecule has 105 heavy (non-hydrogen) atoms. The van der Waals surface area contributed by atoms with Gasteiger partial charge in [0.1, 0.15) is 171 Å². The van der Waals surface area contributed by atoms with E-state index in [2.05, 4.69) is 6.58 Å². The van der Waals surface area contributed by atoms with Crippen LogP contribution >= 0.6 is 0 Å². The molecule has 0 aromatic rings. The third kappa shape index (κ3) is 20.8. The molecule has 21 saturated heterocycles. The van der Waals surface area contributed by atoms with Crippen LogP contribution in [0.4, 0.5) is 0 Å². The molecule has 0 aromatic carbocycles. The fourth-order valence-electron chi connectivity index (χ4n) is 15.7. The summed E-state index contributed by atoms with van der Waals surface area (Å²) in [5, 5.41) is 0. The minimum absolute atomic E-state index is 0.0366. The van der Waals surface area contributed by atoms with Gasteiger partial charge in [0.25, 0.3) is 0 Å². The summed E-state index contributed by atoms with van der Waals surface area (Å²) < 4.78 is 229. The zero-order valence-corrected chi connectivity index (χ0v) is 65.0. The molecule has 21 heterocycles. The van der Waals surface area contributed by atoms with E-state index in [1.54, 1.807) is 7.11 Å². The van der Waals surface area contributed by atoms with E-state index < -0.39 is 215 Å². The maximum atomic E-state index is 7.24. The van der Waals surface area contributed by atoms with Crippen LogP contribution in [0.3, 0.4) is 0 Å². The SMILES string of the molecule is C=CCCCCCCO[C@@H]1[C@@H](OC)[C@H]2O[C@H]3[C@@H](OC)[C@H](OC)[C@@H](O[C@H]4[C@@H](OC)[C@H](OC)[C@@H](O[C@H]5[C@H](OC)[C@@H](OC)[C@@H](O[C@H]6[C@H](OC)[C@@H](OC)[C@@H](O[C@H]7[C@H](OC)[C@@H](OC)[C@@H](O[C@H]8[C@H](OC)[C@@H](OC)[C@@H](O[C@@H]1[C@@H](COC)O2)O[C@@H]8COC)O[C@@H]7COC)O[C@@H]6COC)O[C@@H]5COC)O[C@@H]4COC)O[C@@H]3COC. The van der Waals surface area contributed by atoms with E-state index in [1.165, 1.54) is 135 Å². The third-order valence-corrected chi connectivity index (χ3v) is 20.6. The van der Waals surface area contributed by atoms with Gasteiger partial charge >= 0.3 is 0 Å². The van der Waals surface area contributed by atoms with Gasteiger partial charge in [-0.25, -0.2) is 0 Å². The molecule has 35 atom stereocenters. The van der Waals surface area contributed by atoms with Crippen LogP contribution in [0.25, 0.3) is 0 Å². The van der Waals surface area contributed by atoms with Crippen molar-refractivity contribution < 1.29 is 166 Å². The average molecular weight is 1530 g/mol. The Labute approximate surface area is 618 Å². The van der Waals surface area contributed by atoms with E-state index in [-0.39, 0.29) is 52.9 Å². The summed E-state index contributed by atoms with van der Waals surface area (Å²) in [6.07, 6.45) is -29.9. The van der Waals surface area contributed by atoms with E-state index in [0.29, 0.717) is 6.42 Å². The maximum Gasteiger partial charge on any atom is 0.187 e. The quantitative estimate of drug-likeness (QED) is 0.0631. The number of rotatable bonds is 35. The number of unbranched alkanes of at least 4 members (excludes halogenated alkanes) is 4. The molecular weight excluding hydrogens is 1400 g/mol. The Kier molecular flexibility index (Phi) is 38.3. The minimum atomic E-state index is -1.23. The molecule has 35 heteroatoms. The Morgan fingerprint density at radius 3 is 0.552 bits per heavy atom. The number of allylic oxidation sites excluding steroid dienone is 1. The number of methoxy groups -OCH3 is 20. The lowest BCUT2D eigenvalue weighted by Crippen LogP contribution is -2.69. The molecule has 14 bridgehead atoms. The zero-order valence-electron chi connectivity index (χ0n) is 65.0. The monoisotopic (exact) mass is 1520 g/mol. The van der Waals surface area contributed by atoms with Crippen molar-refractivity contribution in [3.05, 3.63) is 12.7 Å². The summed E-state index contributed by atoms with van der Waals surface area (Å²) in [6.45, 7) is 3.91. The second kappa shape index (κ2) is 45.3. The Morgan fingerprint density at radius 1 is 0.210 bits per heavy atom. The van der Waals surface area contributed by atoms with Gasteiger partial charge < -0.3 is 166 Å². The summed E-state index contributed by atoms with van der Waals surface area (Å²) in [5.74, 6) is 0. The molecule has 21 rings (SSSR count). The Balaban J connectivity index is 1.25. The molecule has 21 aliphatic rings. The third-order valence-electron chi connectivity index (χ3n) is 20.6. The first-order chi connectivity index (χ1) is 51.2. The van der Waals surface area contributed by atoms with Crippen LogP contribution in [0.2, 0.25) is 0 Å². The Morgan fingerprint density at radius 2 is 0.381 bits per heavy atom. The van der Waals surface area contributed by atoms with Gasteiger partial charge in [-0.2, -0.15) is 0 Å². The first-order valence-electron chi connectivity index (χ1n) is 35.9. The predicted octanol–water partition coefficient (Wildman–Crippen LogP) is 1.01. The van der Waals surface area contributed by atoms with E-state index in [1.807, 2.05) is 6.08 Å². The van der Waals surface area contributed by atoms with Gasteiger partial charge in [0, 0.05) is 149 Å². The smallest absolute Gasteiger partial charge is 0.187 e. The van der Waals surface area contributed by atoms with Gasteiger partial charge in [0.15, 0.2) is 44.0 Å². The van der Waals surface area contributed by atoms with Crippen molar-refractivity contribution in [3.63, 3.8) is 0 Å². The molecule has 21 aliphatic heterocycles. The highest BCUT2D eigenvalue weighted by molar-refractivity contribution is 5.04. The molecule has 0 aromatic heterocycles. The largest absolute Gasteiger partial charge is 0.382 e. The van der Waals surface area contributed by atoms with Crippen molar-refractivity contribution in [2.45, 2.75) is 247 Å². The molecule has 614 valence electrons. The van der Waals surface area contributed by atoms with Crippen LogP contribution in [0.15, 0.2) is 12.7 Å². The minimum Gasteiger partial charge on any atom is -0.382 e. The Hall–Kier alpha value is -1.66. The lowest BCUT2D eigenvalue weighted by atomic mass is 9.94. The molecule has 21 fully saturated rings. The molecule has 0 spiro atoms. The second-order valence-corrected chi connectivity index (χ2v) is 26.6. The molecule has 0 N–H and O–H groups in total. The van der Waals surface area contributed by atoms with Crippen molar-refractivity contribution in [2.75, 3.05) is 195 Å². The lowest BCUT2D eigenvalue weighted by Gasteiger charge is -2.52. The van der Waals surface area contributed by atoms with Gasteiger partial charge in [-0.1, -0.05) is 18.9 Å². The summed E-state index contributed by atoms with van der Waals surface area (Å²) in [6, 6.07) is 0. The van der Waals surface area contributed by atoms with Crippen molar-refractivity contribution in [3.8, 4) is 0 Å². The molecule has 0 unspecified atom stereocenters. The second-order valence-electron chi connectivity index (χ2n) is 26.6. The van der Waals surface area contributed by atoms with Crippen LogP contribution in [0, 0.1) is 0 Å². The average Bonchev–Trinajstić information content (AvgIpc) is 0.809. The summed E-state index contributed by atoms with van der Waals surface area (Å²) >= 11 is 0. The van der Waals surface area contributed by atoms with E-state index in [0.717, 1.165) is 25.7 Å². The summed E-state index contributed by atoms with van der Waals surface area (Å²) in [5.41, 5.74) is 0. The van der Waals surface area contributed by atoms with Gasteiger partial charge in [-0.3, -0.25) is 0 Å². The van der Waals surface area contributed by atoms with Crippen LogP contribution in [-0.2, 0) is 166 Å². The highest BCUT2D eigenvalue weighted by Gasteiger charge is 2.62. The Bertz CT molecular complexity index is 2350.